The number of piperazine rings is 1. The molecule has 0 aliphatic carbocycles. The lowest BCUT2D eigenvalue weighted by Gasteiger charge is -2.35. The van der Waals surface area contributed by atoms with Crippen LogP contribution in [-0.4, -0.2) is 53.8 Å². The Hall–Kier alpha value is -2.61. The second-order valence-corrected chi connectivity index (χ2v) is 7.31. The number of carbonyl (C=O) groups excluding carboxylic acids is 1. The molecule has 0 aromatic heterocycles. The molecule has 0 radical (unpaired) electrons. The third-order valence-corrected chi connectivity index (χ3v) is 5.11. The molecule has 0 spiro atoms. The fourth-order valence-corrected chi connectivity index (χ4v) is 3.27. The molecule has 3 rings (SSSR count). The van der Waals surface area contributed by atoms with Crippen LogP contribution in [0, 0.1) is 17.0 Å². The van der Waals surface area contributed by atoms with E-state index in [9.17, 15) is 14.9 Å². The predicted octanol–water partition coefficient (Wildman–Crippen LogP) is 2.97. The van der Waals surface area contributed by atoms with E-state index < -0.39 is 4.92 Å². The van der Waals surface area contributed by atoms with Gasteiger partial charge in [-0.25, -0.2) is 10.4 Å². The third-order valence-electron chi connectivity index (χ3n) is 5.11. The molecule has 7 heteroatoms. The number of hydrogen-bond donors (Lipinski definition) is 1. The van der Waals surface area contributed by atoms with Crippen LogP contribution in [0.15, 0.2) is 48.5 Å². The molecule has 2 aromatic carbocycles. The van der Waals surface area contributed by atoms with Crippen LogP contribution in [0.25, 0.3) is 0 Å². The van der Waals surface area contributed by atoms with Gasteiger partial charge in [0.25, 0.3) is 5.69 Å². The van der Waals surface area contributed by atoms with E-state index in [1.54, 1.807) is 12.1 Å². The Labute approximate surface area is 165 Å². The van der Waals surface area contributed by atoms with E-state index in [2.05, 4.69) is 22.4 Å². The Kier molecular flexibility index (Phi) is 6.51. The Balaban J connectivity index is 1.77. The lowest BCUT2D eigenvalue weighted by molar-refractivity contribution is -0.384. The van der Waals surface area contributed by atoms with Crippen molar-refractivity contribution >= 4 is 11.5 Å². The number of nitro groups is 1. The summed E-state index contributed by atoms with van der Waals surface area (Å²) in [5.41, 5.74) is 6.17. The zero-order valence-electron chi connectivity index (χ0n) is 16.3. The molecule has 0 bridgehead atoms. The third kappa shape index (κ3) is 5.22. The number of nitrogens with zero attached hydrogens (tertiary/aromatic N) is 3. The maximum absolute atomic E-state index is 12.8. The van der Waals surface area contributed by atoms with E-state index in [1.807, 2.05) is 31.2 Å². The van der Waals surface area contributed by atoms with E-state index in [4.69, 9.17) is 0 Å². The molecule has 1 saturated heterocycles. The van der Waals surface area contributed by atoms with Crippen molar-refractivity contribution in [1.82, 2.24) is 15.3 Å². The van der Waals surface area contributed by atoms with Gasteiger partial charge in [-0.3, -0.25) is 14.9 Å². The minimum Gasteiger partial charge on any atom is -0.304 e. The van der Waals surface area contributed by atoms with E-state index in [1.165, 1.54) is 12.1 Å². The molecule has 1 atom stereocenters. The number of nitrogens with one attached hydrogen (secondary N) is 1. The number of likely N-dealkylation sites (N-methyl/N-ethyl adjacent to an activating group) is 1. The molecule has 1 heterocycles. The summed E-state index contributed by atoms with van der Waals surface area (Å²) in [5.74, 6) is 0.0463. The molecule has 1 aliphatic rings. The summed E-state index contributed by atoms with van der Waals surface area (Å²) in [6, 6.07) is 13.8. The molecule has 1 fully saturated rings. The average molecular weight is 382 g/mol. The largest absolute Gasteiger partial charge is 0.304 e. The van der Waals surface area contributed by atoms with Crippen LogP contribution in [0.5, 0.6) is 0 Å². The molecular formula is C21H26N4O3. The van der Waals surface area contributed by atoms with Gasteiger partial charge < -0.3 is 4.90 Å². The van der Waals surface area contributed by atoms with Crippen molar-refractivity contribution in [2.75, 3.05) is 33.2 Å². The lowest BCUT2D eigenvalue weighted by Crippen LogP contribution is -2.51. The van der Waals surface area contributed by atoms with Gasteiger partial charge >= 0.3 is 0 Å². The first-order chi connectivity index (χ1) is 13.4. The number of carbonyl (C=O) groups is 1. The highest BCUT2D eigenvalue weighted by atomic mass is 16.6. The number of benzene rings is 2. The Bertz CT molecular complexity index is 813. The van der Waals surface area contributed by atoms with Crippen molar-refractivity contribution in [1.29, 1.82) is 0 Å². The van der Waals surface area contributed by atoms with Crippen molar-refractivity contribution in [2.45, 2.75) is 19.4 Å². The summed E-state index contributed by atoms with van der Waals surface area (Å²) in [6.45, 7) is 5.61. The smallest absolute Gasteiger partial charge is 0.269 e. The van der Waals surface area contributed by atoms with Gasteiger partial charge in [-0.2, -0.15) is 0 Å². The monoisotopic (exact) mass is 382 g/mol. The van der Waals surface area contributed by atoms with Crippen molar-refractivity contribution in [3.63, 3.8) is 0 Å². The normalized spacial score (nSPS) is 16.6. The van der Waals surface area contributed by atoms with Gasteiger partial charge in [-0.1, -0.05) is 42.0 Å². The summed E-state index contributed by atoms with van der Waals surface area (Å²) in [6.07, 6.45) is 0.285. The summed E-state index contributed by atoms with van der Waals surface area (Å²) < 4.78 is 0. The Morgan fingerprint density at radius 3 is 2.25 bits per heavy atom. The molecular weight excluding hydrogens is 356 g/mol. The Morgan fingerprint density at radius 2 is 1.68 bits per heavy atom. The number of nitro benzene ring substituents is 1. The first-order valence-corrected chi connectivity index (χ1v) is 9.46. The van der Waals surface area contributed by atoms with Gasteiger partial charge in [0.1, 0.15) is 0 Å². The average Bonchev–Trinajstić information content (AvgIpc) is 2.69. The second-order valence-electron chi connectivity index (χ2n) is 7.31. The molecule has 1 N–H and O–H groups in total. The SMILES string of the molecule is Cc1ccc(C(=O)C[C@@H](NN2CCN(C)CC2)c2ccc([N+](=O)[O-])cc2)cc1. The fourth-order valence-electron chi connectivity index (χ4n) is 3.27. The molecule has 0 saturated carbocycles. The van der Waals surface area contributed by atoms with Crippen LogP contribution >= 0.6 is 0 Å². The second kappa shape index (κ2) is 9.05. The number of ketones is 1. The summed E-state index contributed by atoms with van der Waals surface area (Å²) in [7, 11) is 2.09. The van der Waals surface area contributed by atoms with Gasteiger partial charge in [0.05, 0.1) is 11.0 Å². The molecule has 28 heavy (non-hydrogen) atoms. The van der Waals surface area contributed by atoms with E-state index in [0.717, 1.165) is 37.3 Å². The molecule has 2 aromatic rings. The van der Waals surface area contributed by atoms with Crippen molar-refractivity contribution in [3.05, 3.63) is 75.3 Å². The zero-order chi connectivity index (χ0) is 20.1. The first kappa shape index (κ1) is 20.1. The van der Waals surface area contributed by atoms with E-state index in [0.29, 0.717) is 5.56 Å². The summed E-state index contributed by atoms with van der Waals surface area (Å²) >= 11 is 0. The van der Waals surface area contributed by atoms with Crippen LogP contribution in [0.2, 0.25) is 0 Å². The van der Waals surface area contributed by atoms with E-state index in [-0.39, 0.29) is 23.9 Å². The van der Waals surface area contributed by atoms with Gasteiger partial charge in [-0.05, 0) is 19.5 Å². The topological polar surface area (TPSA) is 78.7 Å². The molecule has 148 valence electrons. The van der Waals surface area contributed by atoms with Gasteiger partial charge in [-0.15, -0.1) is 0 Å². The quantitative estimate of drug-likeness (QED) is 0.451. The molecule has 7 nitrogen and oxygen atoms in total. The standard InChI is InChI=1S/C21H26N4O3/c1-16-3-5-18(6-4-16)21(26)15-20(22-24-13-11-23(2)12-14-24)17-7-9-19(10-8-17)25(27)28/h3-10,20,22H,11-15H2,1-2H3/t20-/m1/s1. The highest BCUT2D eigenvalue weighted by molar-refractivity contribution is 5.96. The first-order valence-electron chi connectivity index (χ1n) is 9.46. The molecule has 0 amide bonds. The Morgan fingerprint density at radius 1 is 1.07 bits per heavy atom. The number of aryl methyl sites for hydroxylation is 1. The maximum Gasteiger partial charge on any atom is 0.269 e. The number of non-ortho nitro benzene ring substituents is 1. The van der Waals surface area contributed by atoms with Crippen LogP contribution in [0.4, 0.5) is 5.69 Å². The maximum atomic E-state index is 12.8. The van der Waals surface area contributed by atoms with Crippen LogP contribution in [0.3, 0.4) is 0 Å². The zero-order valence-corrected chi connectivity index (χ0v) is 16.3. The minimum absolute atomic E-state index is 0.0463. The van der Waals surface area contributed by atoms with E-state index >= 15 is 0 Å². The minimum atomic E-state index is -0.413. The summed E-state index contributed by atoms with van der Waals surface area (Å²) in [5, 5.41) is 13.1. The lowest BCUT2D eigenvalue weighted by atomic mass is 9.97. The highest BCUT2D eigenvalue weighted by Gasteiger charge is 2.22. The fraction of sp³-hybridized carbons (Fsp3) is 0.381. The van der Waals surface area contributed by atoms with Gasteiger partial charge in [0, 0.05) is 50.3 Å². The number of Topliss-reactive ketones (excluding diaryl/α,β-unsaturated/α-hetero) is 1. The molecule has 0 unspecified atom stereocenters. The highest BCUT2D eigenvalue weighted by Crippen LogP contribution is 2.23. The van der Waals surface area contributed by atoms with Crippen LogP contribution < -0.4 is 5.43 Å². The van der Waals surface area contributed by atoms with Gasteiger partial charge in [0.15, 0.2) is 5.78 Å². The van der Waals surface area contributed by atoms with Crippen LogP contribution in [-0.2, 0) is 0 Å². The number of hydrazine groups is 1. The van der Waals surface area contributed by atoms with Crippen molar-refractivity contribution in [2.24, 2.45) is 0 Å². The van der Waals surface area contributed by atoms with Crippen molar-refractivity contribution < 1.29 is 9.72 Å². The summed E-state index contributed by atoms with van der Waals surface area (Å²) in [4.78, 5) is 25.6. The molecule has 1 aliphatic heterocycles. The number of rotatable bonds is 7. The van der Waals surface area contributed by atoms with Gasteiger partial charge in [0.2, 0.25) is 0 Å². The number of hydrogen-bond acceptors (Lipinski definition) is 6. The van der Waals surface area contributed by atoms with Crippen LogP contribution in [0.1, 0.15) is 33.9 Å². The van der Waals surface area contributed by atoms with Crippen molar-refractivity contribution in [3.8, 4) is 0 Å². The predicted molar refractivity (Wildman–Crippen MR) is 108 cm³/mol.